The molecule has 4 nitrogen and oxygen atoms in total. The molecule has 1 atom stereocenters. The van der Waals surface area contributed by atoms with Crippen LogP contribution in [0.1, 0.15) is 49.5 Å². The fourth-order valence-corrected chi connectivity index (χ4v) is 3.13. The zero-order valence-corrected chi connectivity index (χ0v) is 12.4. The number of aromatic nitrogens is 2. The second-order valence-electron chi connectivity index (χ2n) is 5.18. The summed E-state index contributed by atoms with van der Waals surface area (Å²) >= 11 is 2.11. The van der Waals surface area contributed by atoms with Crippen LogP contribution in [-0.4, -0.2) is 22.7 Å². The molecular formula is C13H17IN2O2. The average Bonchev–Trinajstić information content (AvgIpc) is 3.19. The van der Waals surface area contributed by atoms with E-state index in [0.717, 1.165) is 41.0 Å². The lowest BCUT2D eigenvalue weighted by molar-refractivity contribution is 0.0156. The maximum Gasteiger partial charge on any atom is 0.264 e. The van der Waals surface area contributed by atoms with Crippen LogP contribution in [0.2, 0.25) is 0 Å². The van der Waals surface area contributed by atoms with Gasteiger partial charge in [0.05, 0.1) is 15.4 Å². The molecule has 2 fully saturated rings. The average molecular weight is 360 g/mol. The molecule has 2 aliphatic rings. The van der Waals surface area contributed by atoms with Crippen molar-refractivity contribution in [3.8, 4) is 0 Å². The Hall–Kier alpha value is -0.430. The first-order chi connectivity index (χ1) is 8.74. The maximum absolute atomic E-state index is 11.9. The molecule has 3 rings (SSSR count). The van der Waals surface area contributed by atoms with Crippen molar-refractivity contribution in [2.24, 2.45) is 0 Å². The topological polar surface area (TPSA) is 55.0 Å². The van der Waals surface area contributed by atoms with E-state index >= 15 is 0 Å². The summed E-state index contributed by atoms with van der Waals surface area (Å²) in [5.41, 5.74) is 1.02. The fraction of sp³-hybridized carbons (Fsp3) is 0.692. The summed E-state index contributed by atoms with van der Waals surface area (Å²) in [4.78, 5) is 19.4. The lowest BCUT2D eigenvalue weighted by atomic mass is 10.1. The third-order valence-corrected chi connectivity index (χ3v) is 4.64. The number of aromatic amines is 1. The minimum Gasteiger partial charge on any atom is -0.378 e. The van der Waals surface area contributed by atoms with Crippen molar-refractivity contribution in [1.29, 1.82) is 0 Å². The van der Waals surface area contributed by atoms with Gasteiger partial charge in [-0.1, -0.05) is 0 Å². The predicted molar refractivity (Wildman–Crippen MR) is 76.8 cm³/mol. The minimum absolute atomic E-state index is 0.0123. The number of nitrogens with zero attached hydrogens (tertiary/aromatic N) is 1. The van der Waals surface area contributed by atoms with Crippen molar-refractivity contribution in [3.05, 3.63) is 25.4 Å². The van der Waals surface area contributed by atoms with Gasteiger partial charge >= 0.3 is 0 Å². The van der Waals surface area contributed by atoms with Crippen LogP contribution in [0.4, 0.5) is 0 Å². The van der Waals surface area contributed by atoms with Crippen LogP contribution >= 0.6 is 22.6 Å². The monoisotopic (exact) mass is 360 g/mol. The van der Waals surface area contributed by atoms with E-state index in [1.54, 1.807) is 0 Å². The molecule has 18 heavy (non-hydrogen) atoms. The van der Waals surface area contributed by atoms with Crippen molar-refractivity contribution in [2.45, 2.75) is 50.5 Å². The van der Waals surface area contributed by atoms with Gasteiger partial charge in [-0.3, -0.25) is 4.79 Å². The molecule has 1 saturated heterocycles. The van der Waals surface area contributed by atoms with Gasteiger partial charge in [0.15, 0.2) is 0 Å². The van der Waals surface area contributed by atoms with Gasteiger partial charge in [-0.05, 0) is 54.7 Å². The lowest BCUT2D eigenvalue weighted by Gasteiger charge is -2.22. The van der Waals surface area contributed by atoms with Crippen LogP contribution in [0.25, 0.3) is 0 Å². The summed E-state index contributed by atoms with van der Waals surface area (Å²) in [6, 6.07) is 0. The van der Waals surface area contributed by atoms with E-state index in [4.69, 9.17) is 4.74 Å². The van der Waals surface area contributed by atoms with Crippen LogP contribution in [-0.2, 0) is 11.2 Å². The van der Waals surface area contributed by atoms with E-state index in [1.165, 1.54) is 19.3 Å². The number of hydrogen-bond acceptors (Lipinski definition) is 3. The highest BCUT2D eigenvalue weighted by atomic mass is 127. The molecular weight excluding hydrogens is 343 g/mol. The SMILES string of the molecule is O=c1[nH]c(CC2CCCCO2)nc(C2CC2)c1I. The maximum atomic E-state index is 11.9. The molecule has 1 N–H and O–H groups in total. The minimum atomic E-state index is 0.0123. The smallest absolute Gasteiger partial charge is 0.264 e. The molecule has 0 aromatic carbocycles. The van der Waals surface area contributed by atoms with E-state index in [9.17, 15) is 4.79 Å². The van der Waals surface area contributed by atoms with Gasteiger partial charge in [0.2, 0.25) is 0 Å². The molecule has 1 unspecified atom stereocenters. The molecule has 1 aliphatic heterocycles. The van der Waals surface area contributed by atoms with Gasteiger partial charge in [-0.15, -0.1) is 0 Å². The Morgan fingerprint density at radius 3 is 2.83 bits per heavy atom. The first-order valence-corrected chi connectivity index (χ1v) is 7.72. The third-order valence-electron chi connectivity index (χ3n) is 3.60. The zero-order valence-electron chi connectivity index (χ0n) is 10.2. The van der Waals surface area contributed by atoms with Crippen molar-refractivity contribution in [1.82, 2.24) is 9.97 Å². The van der Waals surface area contributed by atoms with E-state index in [1.807, 2.05) is 0 Å². The summed E-state index contributed by atoms with van der Waals surface area (Å²) in [5, 5.41) is 0. The Kier molecular flexibility index (Phi) is 3.70. The van der Waals surface area contributed by atoms with Crippen molar-refractivity contribution in [2.75, 3.05) is 6.61 Å². The first kappa shape index (κ1) is 12.6. The molecule has 1 saturated carbocycles. The van der Waals surface area contributed by atoms with Crippen LogP contribution in [0.3, 0.4) is 0 Å². The van der Waals surface area contributed by atoms with Gasteiger partial charge in [-0.25, -0.2) is 4.98 Å². The predicted octanol–water partition coefficient (Wildman–Crippen LogP) is 2.36. The Labute approximate surface area is 120 Å². The summed E-state index contributed by atoms with van der Waals surface area (Å²) < 4.78 is 6.47. The van der Waals surface area contributed by atoms with Crippen molar-refractivity contribution in [3.63, 3.8) is 0 Å². The standard InChI is InChI=1S/C13H17IN2O2/c14-11-12(8-4-5-8)15-10(16-13(11)17)7-9-3-1-2-6-18-9/h8-9H,1-7H2,(H,15,16,17). The Morgan fingerprint density at radius 1 is 1.33 bits per heavy atom. The van der Waals surface area contributed by atoms with E-state index < -0.39 is 0 Å². The van der Waals surface area contributed by atoms with Crippen molar-refractivity contribution >= 4 is 22.6 Å². The first-order valence-electron chi connectivity index (χ1n) is 6.64. The number of nitrogens with one attached hydrogen (secondary N) is 1. The number of rotatable bonds is 3. The molecule has 0 radical (unpaired) electrons. The van der Waals surface area contributed by atoms with Crippen molar-refractivity contribution < 1.29 is 4.74 Å². The fourth-order valence-electron chi connectivity index (χ4n) is 2.43. The summed E-state index contributed by atoms with van der Waals surface area (Å²) in [7, 11) is 0. The molecule has 1 aromatic rings. The molecule has 2 heterocycles. The summed E-state index contributed by atoms with van der Waals surface area (Å²) in [6.07, 6.45) is 6.77. The highest BCUT2D eigenvalue weighted by Gasteiger charge is 2.29. The number of hydrogen-bond donors (Lipinski definition) is 1. The van der Waals surface area contributed by atoms with Gasteiger partial charge in [0, 0.05) is 18.9 Å². The Balaban J connectivity index is 1.80. The van der Waals surface area contributed by atoms with Crippen LogP contribution in [0, 0.1) is 3.57 Å². The zero-order chi connectivity index (χ0) is 12.5. The molecule has 5 heteroatoms. The normalized spacial score (nSPS) is 24.2. The van der Waals surface area contributed by atoms with E-state index in [0.29, 0.717) is 5.92 Å². The number of halogens is 1. The Morgan fingerprint density at radius 2 is 2.17 bits per heavy atom. The largest absolute Gasteiger partial charge is 0.378 e. The van der Waals surface area contributed by atoms with E-state index in [-0.39, 0.29) is 11.7 Å². The van der Waals surface area contributed by atoms with Gasteiger partial charge in [0.25, 0.3) is 5.56 Å². The molecule has 0 bridgehead atoms. The highest BCUT2D eigenvalue weighted by molar-refractivity contribution is 14.1. The molecule has 98 valence electrons. The second-order valence-corrected chi connectivity index (χ2v) is 6.26. The number of H-pyrrole nitrogens is 1. The third kappa shape index (κ3) is 2.77. The summed E-state index contributed by atoms with van der Waals surface area (Å²) in [6.45, 7) is 0.842. The van der Waals surface area contributed by atoms with Gasteiger partial charge in [-0.2, -0.15) is 0 Å². The van der Waals surface area contributed by atoms with E-state index in [2.05, 4.69) is 32.6 Å². The Bertz CT molecular complexity index is 490. The van der Waals surface area contributed by atoms with Gasteiger partial charge < -0.3 is 9.72 Å². The van der Waals surface area contributed by atoms with Gasteiger partial charge in [0.1, 0.15) is 5.82 Å². The quantitative estimate of drug-likeness (QED) is 0.843. The van der Waals surface area contributed by atoms with Crippen LogP contribution in [0.15, 0.2) is 4.79 Å². The molecule has 1 aromatic heterocycles. The van der Waals surface area contributed by atoms with Crippen LogP contribution < -0.4 is 5.56 Å². The second kappa shape index (κ2) is 5.28. The number of ether oxygens (including phenoxy) is 1. The lowest BCUT2D eigenvalue weighted by Crippen LogP contribution is -2.25. The van der Waals surface area contributed by atoms with Crippen LogP contribution in [0.5, 0.6) is 0 Å². The highest BCUT2D eigenvalue weighted by Crippen LogP contribution is 2.40. The molecule has 0 spiro atoms. The molecule has 1 aliphatic carbocycles. The summed E-state index contributed by atoms with van der Waals surface area (Å²) in [5.74, 6) is 1.32. The molecule has 0 amide bonds.